The van der Waals surface area contributed by atoms with E-state index in [2.05, 4.69) is 33.8 Å². The third-order valence-electron chi connectivity index (χ3n) is 4.65. The van der Waals surface area contributed by atoms with Crippen molar-refractivity contribution >= 4 is 29.7 Å². The summed E-state index contributed by atoms with van der Waals surface area (Å²) in [5, 5.41) is 0. The van der Waals surface area contributed by atoms with Crippen molar-refractivity contribution in [2.45, 2.75) is 59.4 Å². The number of thiophene rings is 1. The van der Waals surface area contributed by atoms with E-state index in [4.69, 9.17) is 5.73 Å². The van der Waals surface area contributed by atoms with Gasteiger partial charge >= 0.3 is 0 Å². The maximum Gasteiger partial charge on any atom is 0.222 e. The van der Waals surface area contributed by atoms with Crippen LogP contribution in [0.15, 0.2) is 6.07 Å². The molecule has 1 unspecified atom stereocenters. The Bertz CT molecular complexity index is 513. The Morgan fingerprint density at radius 1 is 1.45 bits per heavy atom. The Kier molecular flexibility index (Phi) is 6.90. The van der Waals surface area contributed by atoms with E-state index in [9.17, 15) is 4.79 Å². The molecule has 2 rings (SSSR count). The fourth-order valence-electron chi connectivity index (χ4n) is 3.11. The van der Waals surface area contributed by atoms with Gasteiger partial charge in [-0.25, -0.2) is 0 Å². The number of piperidine rings is 1. The van der Waals surface area contributed by atoms with E-state index in [-0.39, 0.29) is 23.9 Å². The maximum absolute atomic E-state index is 12.4. The summed E-state index contributed by atoms with van der Waals surface area (Å²) in [6.07, 6.45) is 3.53. The van der Waals surface area contributed by atoms with Gasteiger partial charge in [0.2, 0.25) is 5.91 Å². The van der Waals surface area contributed by atoms with Crippen LogP contribution < -0.4 is 5.73 Å². The van der Waals surface area contributed by atoms with Crippen LogP contribution in [-0.4, -0.2) is 29.9 Å². The Labute approximate surface area is 144 Å². The predicted octanol–water partition coefficient (Wildman–Crippen LogP) is 3.70. The number of nitrogens with two attached hydrogens (primary N) is 1. The van der Waals surface area contributed by atoms with Crippen molar-refractivity contribution in [1.29, 1.82) is 0 Å². The molecule has 1 aromatic heterocycles. The summed E-state index contributed by atoms with van der Waals surface area (Å²) in [5.41, 5.74) is 7.58. The van der Waals surface area contributed by atoms with Gasteiger partial charge in [0.05, 0.1) is 0 Å². The van der Waals surface area contributed by atoms with Gasteiger partial charge in [0, 0.05) is 35.3 Å². The molecule has 1 aliphatic heterocycles. The second-order valence-corrected chi connectivity index (χ2v) is 8.45. The average Bonchev–Trinajstić information content (AvgIpc) is 2.71. The fourth-order valence-corrected chi connectivity index (χ4v) is 4.08. The molecule has 0 aromatic carbocycles. The normalized spacial score (nSPS) is 20.6. The van der Waals surface area contributed by atoms with Gasteiger partial charge in [0.1, 0.15) is 0 Å². The van der Waals surface area contributed by atoms with Crippen molar-refractivity contribution in [3.05, 3.63) is 21.4 Å². The fraction of sp³-hybridized carbons (Fsp3) is 0.706. The lowest BCUT2D eigenvalue weighted by molar-refractivity contribution is -0.134. The Morgan fingerprint density at radius 3 is 2.68 bits per heavy atom. The zero-order chi connectivity index (χ0) is 15.6. The van der Waals surface area contributed by atoms with Gasteiger partial charge in [-0.2, -0.15) is 0 Å². The van der Waals surface area contributed by atoms with Gasteiger partial charge in [-0.15, -0.1) is 23.7 Å². The molecule has 0 spiro atoms. The molecule has 0 bridgehead atoms. The molecular formula is C17H29ClN2OS. The average molecular weight is 345 g/mol. The van der Waals surface area contributed by atoms with Crippen LogP contribution in [0.5, 0.6) is 0 Å². The summed E-state index contributed by atoms with van der Waals surface area (Å²) in [6.45, 7) is 10.3. The summed E-state index contributed by atoms with van der Waals surface area (Å²) >= 11 is 1.85. The van der Waals surface area contributed by atoms with E-state index in [0.717, 1.165) is 32.4 Å². The van der Waals surface area contributed by atoms with Crippen LogP contribution in [0.3, 0.4) is 0 Å². The summed E-state index contributed by atoms with van der Waals surface area (Å²) in [5.74, 6) is 0.291. The summed E-state index contributed by atoms with van der Waals surface area (Å²) < 4.78 is 0. The number of halogens is 1. The number of nitrogens with zero attached hydrogens (tertiary/aromatic N) is 1. The molecule has 1 aromatic rings. The van der Waals surface area contributed by atoms with Crippen molar-refractivity contribution in [3.8, 4) is 0 Å². The van der Waals surface area contributed by atoms with Crippen LogP contribution in [-0.2, 0) is 11.2 Å². The van der Waals surface area contributed by atoms with Crippen LogP contribution in [0.1, 0.15) is 48.4 Å². The van der Waals surface area contributed by atoms with E-state index in [0.29, 0.717) is 12.3 Å². The molecule has 1 aliphatic rings. The first-order valence-corrected chi connectivity index (χ1v) is 8.70. The van der Waals surface area contributed by atoms with Crippen molar-refractivity contribution in [3.63, 3.8) is 0 Å². The number of aryl methyl sites for hydroxylation is 3. The van der Waals surface area contributed by atoms with Crippen molar-refractivity contribution in [2.75, 3.05) is 13.1 Å². The van der Waals surface area contributed by atoms with Crippen molar-refractivity contribution in [1.82, 2.24) is 4.90 Å². The molecule has 2 heterocycles. The highest BCUT2D eigenvalue weighted by atomic mass is 35.5. The summed E-state index contributed by atoms with van der Waals surface area (Å²) in [4.78, 5) is 17.1. The van der Waals surface area contributed by atoms with Gasteiger partial charge in [-0.3, -0.25) is 4.79 Å². The first kappa shape index (κ1) is 19.5. The molecule has 0 radical (unpaired) electrons. The minimum Gasteiger partial charge on any atom is -0.342 e. The second-order valence-electron chi connectivity index (χ2n) is 6.99. The number of carbonyl (C=O) groups excluding carboxylic acids is 1. The zero-order valence-corrected chi connectivity index (χ0v) is 15.8. The molecule has 0 aliphatic carbocycles. The molecule has 0 saturated carbocycles. The number of rotatable bonds is 4. The number of hydrogen-bond acceptors (Lipinski definition) is 3. The number of likely N-dealkylation sites (tertiary alicyclic amines) is 1. The molecule has 1 saturated heterocycles. The Balaban J connectivity index is 0.00000242. The highest BCUT2D eigenvalue weighted by Gasteiger charge is 2.34. The van der Waals surface area contributed by atoms with Gasteiger partial charge < -0.3 is 10.6 Å². The lowest BCUT2D eigenvalue weighted by Gasteiger charge is -2.42. The first-order chi connectivity index (χ1) is 9.79. The third kappa shape index (κ3) is 4.71. The lowest BCUT2D eigenvalue weighted by Crippen LogP contribution is -2.53. The molecular weight excluding hydrogens is 316 g/mol. The molecule has 1 fully saturated rings. The number of amides is 1. The second kappa shape index (κ2) is 7.80. The molecule has 3 nitrogen and oxygen atoms in total. The predicted molar refractivity (Wildman–Crippen MR) is 96.9 cm³/mol. The summed E-state index contributed by atoms with van der Waals surface area (Å²) in [6, 6.07) is 2.46. The van der Waals surface area contributed by atoms with E-state index in [1.165, 1.54) is 15.3 Å². The lowest BCUT2D eigenvalue weighted by atomic mass is 9.79. The van der Waals surface area contributed by atoms with Crippen LogP contribution in [0, 0.1) is 19.3 Å². The minimum absolute atomic E-state index is 0. The minimum atomic E-state index is 0. The Hall–Kier alpha value is -0.580. The highest BCUT2D eigenvalue weighted by Crippen LogP contribution is 2.28. The van der Waals surface area contributed by atoms with Crippen LogP contribution in [0.2, 0.25) is 0 Å². The van der Waals surface area contributed by atoms with Gasteiger partial charge in [0.15, 0.2) is 0 Å². The van der Waals surface area contributed by atoms with E-state index >= 15 is 0 Å². The van der Waals surface area contributed by atoms with Gasteiger partial charge in [-0.05, 0) is 50.2 Å². The number of carbonyl (C=O) groups is 1. The molecule has 22 heavy (non-hydrogen) atoms. The zero-order valence-electron chi connectivity index (χ0n) is 14.1. The quantitative estimate of drug-likeness (QED) is 0.905. The van der Waals surface area contributed by atoms with Gasteiger partial charge in [0.25, 0.3) is 0 Å². The molecule has 126 valence electrons. The highest BCUT2D eigenvalue weighted by molar-refractivity contribution is 7.12. The first-order valence-electron chi connectivity index (χ1n) is 7.89. The largest absolute Gasteiger partial charge is 0.342 e. The van der Waals surface area contributed by atoms with Crippen molar-refractivity contribution < 1.29 is 4.79 Å². The maximum atomic E-state index is 12.4. The van der Waals surface area contributed by atoms with Crippen LogP contribution in [0.25, 0.3) is 0 Å². The molecule has 1 amide bonds. The van der Waals surface area contributed by atoms with Gasteiger partial charge in [-0.1, -0.05) is 13.8 Å². The molecule has 2 N–H and O–H groups in total. The number of hydrogen-bond donors (Lipinski definition) is 1. The monoisotopic (exact) mass is 344 g/mol. The topological polar surface area (TPSA) is 46.3 Å². The smallest absolute Gasteiger partial charge is 0.222 e. The summed E-state index contributed by atoms with van der Waals surface area (Å²) in [7, 11) is 0. The SMILES string of the molecule is Cc1cc(CCCC(=O)N2CCC(N)C(C)(C)C2)c(C)s1.Cl. The molecule has 1 atom stereocenters. The van der Waals surface area contributed by atoms with E-state index < -0.39 is 0 Å². The van der Waals surface area contributed by atoms with E-state index in [1.807, 2.05) is 16.2 Å². The molecule has 5 heteroatoms. The standard InChI is InChI=1S/C17H28N2OS.ClH/c1-12-10-14(13(2)21-12)6-5-7-16(20)19-9-8-15(18)17(3,4)11-19;/h10,15H,5-9,11,18H2,1-4H3;1H. The van der Waals surface area contributed by atoms with Crippen molar-refractivity contribution in [2.24, 2.45) is 11.1 Å². The van der Waals surface area contributed by atoms with Crippen LogP contribution >= 0.6 is 23.7 Å². The third-order valence-corrected chi connectivity index (χ3v) is 5.65. The van der Waals surface area contributed by atoms with Crippen LogP contribution in [0.4, 0.5) is 0 Å². The van der Waals surface area contributed by atoms with E-state index in [1.54, 1.807) is 0 Å². The Morgan fingerprint density at radius 2 is 2.14 bits per heavy atom.